The highest BCUT2D eigenvalue weighted by molar-refractivity contribution is 6.30. The zero-order valence-electron chi connectivity index (χ0n) is 19.8. The molecule has 182 valence electrons. The summed E-state index contributed by atoms with van der Waals surface area (Å²) >= 11 is 5.91. The standard InChI is InChI=1S/C26H31ClN4O2.ClH/c1-18(2)30-10-3-4-24-23(16-30)22-8-7-21(14-25(22)33-24)31-13-12-29(17-26(31)32)11-9-20-6-5-19(27)15-28-20;/h5-8,14-15,18H,3-4,9-13,16-17H2,1-2H3;1H. The van der Waals surface area contributed by atoms with Crippen LogP contribution in [0.4, 0.5) is 5.69 Å². The molecule has 1 aromatic carbocycles. The first-order chi connectivity index (χ1) is 16.0. The first-order valence-corrected chi connectivity index (χ1v) is 12.3. The van der Waals surface area contributed by atoms with E-state index in [1.807, 2.05) is 17.0 Å². The Morgan fingerprint density at radius 1 is 1.12 bits per heavy atom. The maximum atomic E-state index is 13.0. The van der Waals surface area contributed by atoms with Crippen molar-refractivity contribution in [1.29, 1.82) is 0 Å². The number of carbonyl (C=O) groups is 1. The molecule has 1 saturated heterocycles. The van der Waals surface area contributed by atoms with Crippen LogP contribution >= 0.6 is 24.0 Å². The highest BCUT2D eigenvalue weighted by atomic mass is 35.5. The molecule has 0 bridgehead atoms. The predicted molar refractivity (Wildman–Crippen MR) is 139 cm³/mol. The van der Waals surface area contributed by atoms with Gasteiger partial charge in [-0.2, -0.15) is 0 Å². The number of amides is 1. The van der Waals surface area contributed by atoms with E-state index in [9.17, 15) is 4.79 Å². The number of pyridine rings is 1. The molecule has 0 radical (unpaired) electrons. The van der Waals surface area contributed by atoms with Crippen molar-refractivity contribution in [2.45, 2.75) is 45.7 Å². The number of benzene rings is 1. The normalized spacial score (nSPS) is 17.6. The molecule has 4 heterocycles. The molecule has 0 spiro atoms. The Kier molecular flexibility index (Phi) is 7.83. The average Bonchev–Trinajstić information content (AvgIpc) is 2.99. The van der Waals surface area contributed by atoms with Crippen molar-refractivity contribution < 1.29 is 9.21 Å². The van der Waals surface area contributed by atoms with Gasteiger partial charge in [0.05, 0.1) is 11.6 Å². The Labute approximate surface area is 212 Å². The summed E-state index contributed by atoms with van der Waals surface area (Å²) in [6, 6.07) is 10.6. The highest BCUT2D eigenvalue weighted by Gasteiger charge is 2.27. The van der Waals surface area contributed by atoms with Crippen molar-refractivity contribution in [1.82, 2.24) is 14.8 Å². The molecule has 5 rings (SSSR count). The van der Waals surface area contributed by atoms with Crippen molar-refractivity contribution in [2.75, 3.05) is 37.6 Å². The van der Waals surface area contributed by atoms with Crippen molar-refractivity contribution in [2.24, 2.45) is 0 Å². The number of hydrogen-bond acceptors (Lipinski definition) is 5. The van der Waals surface area contributed by atoms with Crippen LogP contribution in [-0.4, -0.2) is 59.5 Å². The Hall–Kier alpha value is -2.12. The van der Waals surface area contributed by atoms with E-state index in [1.165, 1.54) is 10.9 Å². The fourth-order valence-corrected chi connectivity index (χ4v) is 5.02. The Balaban J connectivity index is 0.00000274. The van der Waals surface area contributed by atoms with Crippen LogP contribution in [0.3, 0.4) is 0 Å². The Morgan fingerprint density at radius 3 is 2.71 bits per heavy atom. The smallest absolute Gasteiger partial charge is 0.241 e. The summed E-state index contributed by atoms with van der Waals surface area (Å²) < 4.78 is 6.29. The van der Waals surface area contributed by atoms with Gasteiger partial charge in [0.2, 0.25) is 5.91 Å². The summed E-state index contributed by atoms with van der Waals surface area (Å²) in [4.78, 5) is 23.9. The number of furan rings is 1. The summed E-state index contributed by atoms with van der Waals surface area (Å²) in [5.74, 6) is 1.24. The minimum absolute atomic E-state index is 0. The molecule has 2 aliphatic rings. The summed E-state index contributed by atoms with van der Waals surface area (Å²) in [5, 5.41) is 1.83. The average molecular weight is 503 g/mol. The zero-order chi connectivity index (χ0) is 22.9. The molecule has 2 aromatic heterocycles. The van der Waals surface area contributed by atoms with E-state index in [0.717, 1.165) is 68.2 Å². The van der Waals surface area contributed by atoms with E-state index in [2.05, 4.69) is 46.8 Å². The molecular formula is C26H32Cl2N4O2. The predicted octanol–water partition coefficient (Wildman–Crippen LogP) is 4.95. The second-order valence-corrected chi connectivity index (χ2v) is 9.83. The molecular weight excluding hydrogens is 471 g/mol. The topological polar surface area (TPSA) is 52.8 Å². The number of rotatable bonds is 5. The number of nitrogens with zero attached hydrogens (tertiary/aromatic N) is 4. The largest absolute Gasteiger partial charge is 0.461 e. The van der Waals surface area contributed by atoms with Crippen LogP contribution in [0.2, 0.25) is 5.02 Å². The van der Waals surface area contributed by atoms with Crippen molar-refractivity contribution in [3.63, 3.8) is 0 Å². The molecule has 0 unspecified atom stereocenters. The van der Waals surface area contributed by atoms with E-state index in [0.29, 0.717) is 24.2 Å². The third-order valence-electron chi connectivity index (χ3n) is 6.88. The zero-order valence-corrected chi connectivity index (χ0v) is 21.4. The van der Waals surface area contributed by atoms with E-state index in [4.69, 9.17) is 16.0 Å². The molecule has 8 heteroatoms. The number of carbonyl (C=O) groups excluding carboxylic acids is 1. The van der Waals surface area contributed by atoms with Gasteiger partial charge in [-0.1, -0.05) is 11.6 Å². The number of piperazine rings is 1. The molecule has 0 aliphatic carbocycles. The first-order valence-electron chi connectivity index (χ1n) is 11.9. The second kappa shape index (κ2) is 10.6. The molecule has 0 N–H and O–H groups in total. The quantitative estimate of drug-likeness (QED) is 0.493. The fraction of sp³-hybridized carbons (Fsp3) is 0.462. The van der Waals surface area contributed by atoms with Gasteiger partial charge >= 0.3 is 0 Å². The lowest BCUT2D eigenvalue weighted by atomic mass is 10.1. The third kappa shape index (κ3) is 5.25. The number of fused-ring (bicyclic) bond motifs is 3. The van der Waals surface area contributed by atoms with Crippen molar-refractivity contribution in [3.8, 4) is 0 Å². The van der Waals surface area contributed by atoms with E-state index < -0.39 is 0 Å². The lowest BCUT2D eigenvalue weighted by molar-refractivity contribution is -0.121. The van der Waals surface area contributed by atoms with E-state index in [-0.39, 0.29) is 18.3 Å². The molecule has 0 saturated carbocycles. The Morgan fingerprint density at radius 2 is 1.97 bits per heavy atom. The maximum absolute atomic E-state index is 13.0. The van der Waals surface area contributed by atoms with Crippen LogP contribution in [0.5, 0.6) is 0 Å². The minimum Gasteiger partial charge on any atom is -0.461 e. The Bertz CT molecular complexity index is 1150. The monoisotopic (exact) mass is 502 g/mol. The van der Waals surface area contributed by atoms with Gasteiger partial charge in [0.15, 0.2) is 0 Å². The van der Waals surface area contributed by atoms with E-state index >= 15 is 0 Å². The number of halogens is 2. The first kappa shape index (κ1) is 25.0. The van der Waals surface area contributed by atoms with Gasteiger partial charge in [-0.05, 0) is 51.1 Å². The molecule has 34 heavy (non-hydrogen) atoms. The van der Waals surface area contributed by atoms with Gasteiger partial charge in [0.1, 0.15) is 11.3 Å². The van der Waals surface area contributed by atoms with Crippen LogP contribution < -0.4 is 4.90 Å². The number of anilines is 1. The van der Waals surface area contributed by atoms with Crippen LogP contribution in [0.25, 0.3) is 11.0 Å². The second-order valence-electron chi connectivity index (χ2n) is 9.39. The van der Waals surface area contributed by atoms with Gasteiger partial charge in [-0.15, -0.1) is 12.4 Å². The number of aryl methyl sites for hydroxylation is 1. The fourth-order valence-electron chi connectivity index (χ4n) is 4.91. The lowest BCUT2D eigenvalue weighted by Crippen LogP contribution is -2.50. The maximum Gasteiger partial charge on any atom is 0.241 e. The summed E-state index contributed by atoms with van der Waals surface area (Å²) in [6.07, 6.45) is 4.57. The van der Waals surface area contributed by atoms with Gasteiger partial charge < -0.3 is 9.32 Å². The van der Waals surface area contributed by atoms with Gasteiger partial charge in [-0.25, -0.2) is 0 Å². The summed E-state index contributed by atoms with van der Waals surface area (Å²) in [7, 11) is 0. The number of aromatic nitrogens is 1. The minimum atomic E-state index is 0. The van der Waals surface area contributed by atoms with Crippen LogP contribution in [-0.2, 0) is 24.2 Å². The van der Waals surface area contributed by atoms with Crippen molar-refractivity contribution >= 4 is 46.6 Å². The van der Waals surface area contributed by atoms with Gasteiger partial charge in [-0.3, -0.25) is 19.6 Å². The van der Waals surface area contributed by atoms with Gasteiger partial charge in [0.25, 0.3) is 0 Å². The van der Waals surface area contributed by atoms with Crippen LogP contribution in [0, 0.1) is 0 Å². The highest BCUT2D eigenvalue weighted by Crippen LogP contribution is 2.33. The molecule has 2 aliphatic heterocycles. The molecule has 3 aromatic rings. The van der Waals surface area contributed by atoms with Gasteiger partial charge in [0, 0.05) is 79.7 Å². The molecule has 1 amide bonds. The number of hydrogen-bond donors (Lipinski definition) is 0. The summed E-state index contributed by atoms with van der Waals surface area (Å²) in [6.45, 7) is 9.29. The SMILES string of the molecule is CC(C)N1CCCc2oc3cc(N4CCN(CCc5ccc(Cl)cn5)CC4=O)ccc3c2C1.Cl. The molecule has 1 fully saturated rings. The molecule has 6 nitrogen and oxygen atoms in total. The van der Waals surface area contributed by atoms with Crippen molar-refractivity contribution in [3.05, 3.63) is 58.6 Å². The third-order valence-corrected chi connectivity index (χ3v) is 7.11. The van der Waals surface area contributed by atoms with E-state index in [1.54, 1.807) is 6.20 Å². The van der Waals surface area contributed by atoms with Crippen LogP contribution in [0.1, 0.15) is 37.3 Å². The lowest BCUT2D eigenvalue weighted by Gasteiger charge is -2.34. The molecule has 0 atom stereocenters. The van der Waals surface area contributed by atoms with Crippen LogP contribution in [0.15, 0.2) is 40.9 Å². The summed E-state index contributed by atoms with van der Waals surface area (Å²) in [5.41, 5.74) is 4.13.